The van der Waals surface area contributed by atoms with E-state index in [2.05, 4.69) is 5.32 Å². The molecule has 0 aliphatic rings. The number of anilines is 1. The van der Waals surface area contributed by atoms with Crippen molar-refractivity contribution in [2.45, 2.75) is 19.9 Å². The van der Waals surface area contributed by atoms with Gasteiger partial charge in [0, 0.05) is 33.6 Å². The maximum Gasteiger partial charge on any atom is 0.308 e. The van der Waals surface area contributed by atoms with Crippen LogP contribution in [0, 0.1) is 17.0 Å². The van der Waals surface area contributed by atoms with E-state index in [9.17, 15) is 14.9 Å². The number of hydrogen-bond acceptors (Lipinski definition) is 5. The molecule has 0 unspecified atom stereocenters. The first-order chi connectivity index (χ1) is 9.97. The molecule has 0 saturated carbocycles. The third-order valence-corrected chi connectivity index (χ3v) is 4.08. The lowest BCUT2D eigenvalue weighted by atomic mass is 10.1. The quantitative estimate of drug-likeness (QED) is 0.631. The van der Waals surface area contributed by atoms with Crippen LogP contribution in [0.1, 0.15) is 15.3 Å². The minimum Gasteiger partial charge on any atom is -0.481 e. The highest BCUT2D eigenvalue weighted by Crippen LogP contribution is 2.26. The highest BCUT2D eigenvalue weighted by Gasteiger charge is 2.13. The van der Waals surface area contributed by atoms with Crippen LogP contribution >= 0.6 is 11.3 Å². The number of thiophene rings is 1. The Labute approximate surface area is 125 Å². The molecule has 2 aromatic rings. The smallest absolute Gasteiger partial charge is 0.308 e. The molecule has 110 valence electrons. The first-order valence-electron chi connectivity index (χ1n) is 6.24. The highest BCUT2D eigenvalue weighted by atomic mass is 32.1. The van der Waals surface area contributed by atoms with E-state index in [1.54, 1.807) is 25.1 Å². The van der Waals surface area contributed by atoms with E-state index in [-0.39, 0.29) is 12.1 Å². The van der Waals surface area contributed by atoms with E-state index >= 15 is 0 Å². The van der Waals surface area contributed by atoms with Crippen molar-refractivity contribution in [3.8, 4) is 0 Å². The van der Waals surface area contributed by atoms with Crippen LogP contribution in [0.4, 0.5) is 11.4 Å². The summed E-state index contributed by atoms with van der Waals surface area (Å²) in [6.45, 7) is 2.21. The van der Waals surface area contributed by atoms with Crippen molar-refractivity contribution in [3.05, 3.63) is 55.8 Å². The van der Waals surface area contributed by atoms with Gasteiger partial charge in [-0.05, 0) is 25.1 Å². The number of nitrogens with zero attached hydrogens (tertiary/aromatic N) is 1. The molecule has 0 saturated heterocycles. The minimum atomic E-state index is -0.856. The fourth-order valence-electron chi connectivity index (χ4n) is 1.96. The second-order valence-corrected chi connectivity index (χ2v) is 5.75. The number of nitro groups is 1. The van der Waals surface area contributed by atoms with Crippen LogP contribution in [-0.4, -0.2) is 16.0 Å². The molecule has 0 bridgehead atoms. The second-order valence-electron chi connectivity index (χ2n) is 4.50. The average Bonchev–Trinajstić information content (AvgIpc) is 2.84. The zero-order chi connectivity index (χ0) is 15.4. The lowest BCUT2D eigenvalue weighted by Gasteiger charge is -2.08. The fourth-order valence-corrected chi connectivity index (χ4v) is 2.91. The normalized spacial score (nSPS) is 10.3. The number of carboxylic acid groups (broad SMARTS) is 1. The van der Waals surface area contributed by atoms with Crippen LogP contribution in [0.5, 0.6) is 0 Å². The second kappa shape index (κ2) is 6.36. The van der Waals surface area contributed by atoms with Crippen LogP contribution in [0.25, 0.3) is 0 Å². The van der Waals surface area contributed by atoms with Crippen LogP contribution < -0.4 is 5.32 Å². The van der Waals surface area contributed by atoms with Gasteiger partial charge in [-0.1, -0.05) is 6.07 Å². The van der Waals surface area contributed by atoms with Crippen molar-refractivity contribution < 1.29 is 14.8 Å². The molecule has 2 rings (SSSR count). The van der Waals surface area contributed by atoms with Gasteiger partial charge < -0.3 is 10.4 Å². The Balaban J connectivity index is 2.06. The number of nitro benzene ring substituents is 1. The summed E-state index contributed by atoms with van der Waals surface area (Å²) < 4.78 is 0. The number of carbonyl (C=O) groups is 1. The molecule has 0 atom stereocenters. The molecule has 0 fully saturated rings. The van der Waals surface area contributed by atoms with E-state index in [0.29, 0.717) is 17.8 Å². The average molecular weight is 306 g/mol. The molecule has 1 heterocycles. The van der Waals surface area contributed by atoms with Gasteiger partial charge in [0.2, 0.25) is 0 Å². The minimum absolute atomic E-state index is 0.0144. The summed E-state index contributed by atoms with van der Waals surface area (Å²) in [7, 11) is 0. The number of benzene rings is 1. The molecule has 6 nitrogen and oxygen atoms in total. The lowest BCUT2D eigenvalue weighted by molar-refractivity contribution is -0.385. The number of nitrogens with one attached hydrogen (secondary N) is 1. The van der Waals surface area contributed by atoms with Gasteiger partial charge in [0.05, 0.1) is 11.3 Å². The third-order valence-electron chi connectivity index (χ3n) is 3.00. The molecule has 21 heavy (non-hydrogen) atoms. The maximum atomic E-state index is 10.9. The summed E-state index contributed by atoms with van der Waals surface area (Å²) >= 11 is 1.42. The van der Waals surface area contributed by atoms with E-state index in [0.717, 1.165) is 9.75 Å². The molecular formula is C14H14N2O4S. The number of rotatable bonds is 6. The molecule has 0 aliphatic carbocycles. The molecular weight excluding hydrogens is 292 g/mol. The van der Waals surface area contributed by atoms with Crippen molar-refractivity contribution in [2.24, 2.45) is 0 Å². The Morgan fingerprint density at radius 3 is 2.71 bits per heavy atom. The molecule has 1 aromatic heterocycles. The van der Waals surface area contributed by atoms with Crippen LogP contribution in [-0.2, 0) is 17.8 Å². The van der Waals surface area contributed by atoms with Gasteiger partial charge in [0.1, 0.15) is 0 Å². The molecule has 0 spiro atoms. The molecule has 7 heteroatoms. The molecule has 2 N–H and O–H groups in total. The summed E-state index contributed by atoms with van der Waals surface area (Å²) in [5.74, 6) is -0.856. The predicted octanol–water partition coefficient (Wildman–Crippen LogP) is 3.20. The van der Waals surface area contributed by atoms with Gasteiger partial charge in [-0.3, -0.25) is 14.9 Å². The molecule has 1 aromatic carbocycles. The zero-order valence-corrected chi connectivity index (χ0v) is 12.1. The Morgan fingerprint density at radius 1 is 1.33 bits per heavy atom. The van der Waals surface area contributed by atoms with Gasteiger partial charge >= 0.3 is 5.97 Å². The van der Waals surface area contributed by atoms with Gasteiger partial charge in [0.25, 0.3) is 5.69 Å². The van der Waals surface area contributed by atoms with Gasteiger partial charge in [-0.25, -0.2) is 0 Å². The first-order valence-corrected chi connectivity index (χ1v) is 7.06. The van der Waals surface area contributed by atoms with Gasteiger partial charge in [0.15, 0.2) is 0 Å². The summed E-state index contributed by atoms with van der Waals surface area (Å²) in [4.78, 5) is 22.9. The maximum absolute atomic E-state index is 10.9. The van der Waals surface area contributed by atoms with E-state index < -0.39 is 10.9 Å². The van der Waals surface area contributed by atoms with Crippen LogP contribution in [0.2, 0.25) is 0 Å². The predicted molar refractivity (Wildman–Crippen MR) is 80.8 cm³/mol. The Kier molecular flexibility index (Phi) is 4.54. The fraction of sp³-hybridized carbons (Fsp3) is 0.214. The Bertz CT molecular complexity index is 681. The highest BCUT2D eigenvalue weighted by molar-refractivity contribution is 7.12. The summed E-state index contributed by atoms with van der Waals surface area (Å²) in [6.07, 6.45) is 0.0144. The van der Waals surface area contributed by atoms with Crippen LogP contribution in [0.3, 0.4) is 0 Å². The third kappa shape index (κ3) is 3.79. The van der Waals surface area contributed by atoms with Gasteiger partial charge in [-0.2, -0.15) is 0 Å². The van der Waals surface area contributed by atoms with E-state index in [4.69, 9.17) is 5.11 Å². The van der Waals surface area contributed by atoms with Crippen molar-refractivity contribution in [3.63, 3.8) is 0 Å². The van der Waals surface area contributed by atoms with Crippen molar-refractivity contribution in [1.29, 1.82) is 0 Å². The Hall–Kier alpha value is -2.41. The van der Waals surface area contributed by atoms with Crippen LogP contribution in [0.15, 0.2) is 30.3 Å². The molecule has 0 amide bonds. The van der Waals surface area contributed by atoms with Crippen molar-refractivity contribution in [1.82, 2.24) is 0 Å². The largest absolute Gasteiger partial charge is 0.481 e. The first kappa shape index (κ1) is 15.0. The molecule has 0 radical (unpaired) electrons. The summed E-state index contributed by atoms with van der Waals surface area (Å²) in [6, 6.07) is 8.54. The van der Waals surface area contributed by atoms with E-state index in [1.165, 1.54) is 17.4 Å². The number of hydrogen-bond donors (Lipinski definition) is 2. The number of carboxylic acids is 1. The molecule has 0 aliphatic heterocycles. The standard InChI is InChI=1S/C14H14N2O4S/c1-9-12(3-2-4-13(9)16(19)20)15-8-11-6-5-10(21-11)7-14(17)18/h2-6,15H,7-8H2,1H3,(H,17,18). The summed E-state index contributed by atoms with van der Waals surface area (Å²) in [5.41, 5.74) is 1.37. The van der Waals surface area contributed by atoms with E-state index in [1.807, 2.05) is 6.07 Å². The van der Waals surface area contributed by atoms with Gasteiger partial charge in [-0.15, -0.1) is 11.3 Å². The topological polar surface area (TPSA) is 92.5 Å². The Morgan fingerprint density at radius 2 is 2.05 bits per heavy atom. The lowest BCUT2D eigenvalue weighted by Crippen LogP contribution is -2.01. The number of aliphatic carboxylic acids is 1. The van der Waals surface area contributed by atoms with Crippen molar-refractivity contribution >= 4 is 28.7 Å². The summed E-state index contributed by atoms with van der Waals surface area (Å²) in [5, 5.41) is 22.8. The zero-order valence-electron chi connectivity index (χ0n) is 11.3. The SMILES string of the molecule is Cc1c(NCc2ccc(CC(=O)O)s2)cccc1[N+](=O)[O-]. The van der Waals surface area contributed by atoms with Crippen molar-refractivity contribution in [2.75, 3.05) is 5.32 Å². The monoisotopic (exact) mass is 306 g/mol.